The van der Waals surface area contributed by atoms with Crippen LogP contribution < -0.4 is 5.73 Å². The van der Waals surface area contributed by atoms with E-state index in [1.165, 1.54) is 12.0 Å². The number of hydroxylamine groups is 2. The van der Waals surface area contributed by atoms with Gasteiger partial charge >= 0.3 is 0 Å². The number of nitrogens with zero attached hydrogens (tertiary/aromatic N) is 1. The molecule has 1 aromatic rings. The predicted octanol–water partition coefficient (Wildman–Crippen LogP) is 2.56. The second-order valence-electron chi connectivity index (χ2n) is 3.72. The van der Waals surface area contributed by atoms with Crippen LogP contribution in [0.4, 0.5) is 5.69 Å². The molecule has 1 aromatic carbocycles. The number of hydrogen-bond donors (Lipinski definition) is 1. The molecular formula is C11H15BrN2O. The van der Waals surface area contributed by atoms with Crippen LogP contribution in [0.5, 0.6) is 0 Å². The van der Waals surface area contributed by atoms with Gasteiger partial charge in [0.1, 0.15) is 0 Å². The fraction of sp³-hybridized carbons (Fsp3) is 0.455. The summed E-state index contributed by atoms with van der Waals surface area (Å²) in [5.41, 5.74) is 7.78. The molecule has 0 atom stereocenters. The molecule has 0 radical (unpaired) electrons. The molecule has 1 heterocycles. The van der Waals surface area contributed by atoms with Gasteiger partial charge in [-0.25, -0.2) is 0 Å². The van der Waals surface area contributed by atoms with Gasteiger partial charge in [0, 0.05) is 16.7 Å². The SMILES string of the molecule is Nc1cccc(CN2CCCCO2)c1Br. The Labute approximate surface area is 98.3 Å². The lowest BCUT2D eigenvalue weighted by Gasteiger charge is -2.26. The summed E-state index contributed by atoms with van der Waals surface area (Å²) in [6, 6.07) is 5.93. The summed E-state index contributed by atoms with van der Waals surface area (Å²) in [6.45, 7) is 2.63. The van der Waals surface area contributed by atoms with Crippen molar-refractivity contribution in [3.05, 3.63) is 28.2 Å². The van der Waals surface area contributed by atoms with Crippen molar-refractivity contribution >= 4 is 21.6 Å². The maximum absolute atomic E-state index is 5.82. The Bertz CT molecular complexity index is 337. The molecule has 0 saturated carbocycles. The molecule has 15 heavy (non-hydrogen) atoms. The van der Waals surface area contributed by atoms with Crippen molar-refractivity contribution in [1.29, 1.82) is 0 Å². The molecule has 0 spiro atoms. The Morgan fingerprint density at radius 2 is 2.27 bits per heavy atom. The maximum Gasteiger partial charge on any atom is 0.0685 e. The van der Waals surface area contributed by atoms with E-state index in [0.29, 0.717) is 0 Å². The van der Waals surface area contributed by atoms with Crippen LogP contribution in [-0.4, -0.2) is 18.2 Å². The van der Waals surface area contributed by atoms with Gasteiger partial charge in [0.15, 0.2) is 0 Å². The van der Waals surface area contributed by atoms with E-state index < -0.39 is 0 Å². The van der Waals surface area contributed by atoms with Crippen LogP contribution in [0.15, 0.2) is 22.7 Å². The molecule has 1 aliphatic heterocycles. The highest BCUT2D eigenvalue weighted by molar-refractivity contribution is 9.10. The van der Waals surface area contributed by atoms with Gasteiger partial charge in [-0.1, -0.05) is 12.1 Å². The number of nitrogen functional groups attached to an aromatic ring is 1. The highest BCUT2D eigenvalue weighted by Crippen LogP contribution is 2.25. The van der Waals surface area contributed by atoms with Crippen LogP contribution in [0.25, 0.3) is 0 Å². The zero-order valence-electron chi connectivity index (χ0n) is 8.58. The van der Waals surface area contributed by atoms with Crippen molar-refractivity contribution in [2.75, 3.05) is 18.9 Å². The third-order valence-electron chi connectivity index (χ3n) is 2.53. The first-order valence-corrected chi connectivity index (χ1v) is 5.97. The molecule has 0 bridgehead atoms. The first-order chi connectivity index (χ1) is 7.27. The van der Waals surface area contributed by atoms with E-state index in [1.54, 1.807) is 0 Å². The average Bonchev–Trinajstić information content (AvgIpc) is 2.26. The highest BCUT2D eigenvalue weighted by Gasteiger charge is 2.13. The van der Waals surface area contributed by atoms with Gasteiger partial charge in [-0.3, -0.25) is 4.84 Å². The lowest BCUT2D eigenvalue weighted by Crippen LogP contribution is -2.29. The quantitative estimate of drug-likeness (QED) is 0.840. The van der Waals surface area contributed by atoms with Crippen molar-refractivity contribution in [1.82, 2.24) is 5.06 Å². The predicted molar refractivity (Wildman–Crippen MR) is 64.2 cm³/mol. The van der Waals surface area contributed by atoms with Gasteiger partial charge in [0.25, 0.3) is 0 Å². The fourth-order valence-electron chi connectivity index (χ4n) is 1.68. The topological polar surface area (TPSA) is 38.5 Å². The van der Waals surface area contributed by atoms with Crippen molar-refractivity contribution in [2.45, 2.75) is 19.4 Å². The van der Waals surface area contributed by atoms with Crippen molar-refractivity contribution < 1.29 is 4.84 Å². The lowest BCUT2D eigenvalue weighted by molar-refractivity contribution is -0.187. The Balaban J connectivity index is 2.06. The van der Waals surface area contributed by atoms with E-state index in [0.717, 1.165) is 36.3 Å². The molecule has 1 aliphatic rings. The number of rotatable bonds is 2. The van der Waals surface area contributed by atoms with Gasteiger partial charge in [0.2, 0.25) is 0 Å². The van der Waals surface area contributed by atoms with Crippen LogP contribution in [0, 0.1) is 0 Å². The summed E-state index contributed by atoms with van der Waals surface area (Å²) in [6.07, 6.45) is 2.37. The standard InChI is InChI=1S/C11H15BrN2O/c12-11-9(4-3-5-10(11)13)8-14-6-1-2-7-15-14/h3-5H,1-2,6-8,13H2. The minimum Gasteiger partial charge on any atom is -0.398 e. The summed E-state index contributed by atoms with van der Waals surface area (Å²) >= 11 is 3.50. The number of hydrogen-bond acceptors (Lipinski definition) is 3. The molecule has 3 nitrogen and oxygen atoms in total. The van der Waals surface area contributed by atoms with Gasteiger partial charge < -0.3 is 5.73 Å². The maximum atomic E-state index is 5.82. The minimum absolute atomic E-state index is 0.782. The molecule has 0 aliphatic carbocycles. The molecule has 2 rings (SSSR count). The summed E-state index contributed by atoms with van der Waals surface area (Å²) < 4.78 is 0.985. The first-order valence-electron chi connectivity index (χ1n) is 5.18. The average molecular weight is 271 g/mol. The molecular weight excluding hydrogens is 256 g/mol. The van der Waals surface area contributed by atoms with Crippen LogP contribution in [-0.2, 0) is 11.4 Å². The Hall–Kier alpha value is -0.580. The zero-order valence-corrected chi connectivity index (χ0v) is 10.2. The first kappa shape index (κ1) is 10.9. The van der Waals surface area contributed by atoms with Gasteiger partial charge in [-0.05, 0) is 40.4 Å². The van der Waals surface area contributed by atoms with Crippen molar-refractivity contribution in [3.8, 4) is 0 Å². The number of halogens is 1. The molecule has 2 N–H and O–H groups in total. The fourth-order valence-corrected chi connectivity index (χ4v) is 2.07. The van der Waals surface area contributed by atoms with E-state index in [4.69, 9.17) is 10.6 Å². The molecule has 82 valence electrons. The van der Waals surface area contributed by atoms with Gasteiger partial charge in [-0.15, -0.1) is 0 Å². The monoisotopic (exact) mass is 270 g/mol. The number of nitrogens with two attached hydrogens (primary N) is 1. The van der Waals surface area contributed by atoms with Crippen LogP contribution in [0.1, 0.15) is 18.4 Å². The smallest absolute Gasteiger partial charge is 0.0685 e. The minimum atomic E-state index is 0.782. The van der Waals surface area contributed by atoms with Crippen molar-refractivity contribution in [2.24, 2.45) is 0 Å². The van der Waals surface area contributed by atoms with E-state index in [9.17, 15) is 0 Å². The van der Waals surface area contributed by atoms with Gasteiger partial charge in [0.05, 0.1) is 13.2 Å². The number of anilines is 1. The summed E-state index contributed by atoms with van der Waals surface area (Å²) in [4.78, 5) is 5.55. The molecule has 0 aromatic heterocycles. The highest BCUT2D eigenvalue weighted by atomic mass is 79.9. The van der Waals surface area contributed by atoms with Crippen LogP contribution >= 0.6 is 15.9 Å². The Morgan fingerprint density at radius 1 is 1.40 bits per heavy atom. The van der Waals surface area contributed by atoms with Crippen LogP contribution in [0.2, 0.25) is 0 Å². The van der Waals surface area contributed by atoms with Gasteiger partial charge in [-0.2, -0.15) is 5.06 Å². The number of benzene rings is 1. The van der Waals surface area contributed by atoms with Crippen molar-refractivity contribution in [3.63, 3.8) is 0 Å². The molecule has 4 heteroatoms. The molecule has 1 saturated heterocycles. The van der Waals surface area contributed by atoms with Crippen LogP contribution in [0.3, 0.4) is 0 Å². The third kappa shape index (κ3) is 2.71. The zero-order chi connectivity index (χ0) is 10.7. The van der Waals surface area contributed by atoms with E-state index in [-0.39, 0.29) is 0 Å². The van der Waals surface area contributed by atoms with E-state index in [2.05, 4.69) is 22.0 Å². The summed E-state index contributed by atoms with van der Waals surface area (Å²) in [5, 5.41) is 2.00. The third-order valence-corrected chi connectivity index (χ3v) is 3.50. The molecule has 0 amide bonds. The molecule has 1 fully saturated rings. The molecule has 0 unspecified atom stereocenters. The largest absolute Gasteiger partial charge is 0.398 e. The lowest BCUT2D eigenvalue weighted by atomic mass is 10.2. The summed E-state index contributed by atoms with van der Waals surface area (Å²) in [7, 11) is 0. The second kappa shape index (κ2) is 4.96. The second-order valence-corrected chi connectivity index (χ2v) is 4.52. The Morgan fingerprint density at radius 3 is 3.00 bits per heavy atom. The summed E-state index contributed by atoms with van der Waals surface area (Å²) in [5.74, 6) is 0. The Kier molecular flexibility index (Phi) is 3.61. The normalized spacial score (nSPS) is 17.9. The van der Waals surface area contributed by atoms with E-state index >= 15 is 0 Å². The van der Waals surface area contributed by atoms with E-state index in [1.807, 2.05) is 17.2 Å².